The molecule has 0 unspecified atom stereocenters. The highest BCUT2D eigenvalue weighted by molar-refractivity contribution is 7.99. The summed E-state index contributed by atoms with van der Waals surface area (Å²) in [5.41, 5.74) is 0.675. The van der Waals surface area contributed by atoms with Gasteiger partial charge in [-0.15, -0.1) is 11.3 Å². The second kappa shape index (κ2) is 7.05. The van der Waals surface area contributed by atoms with Gasteiger partial charge in [-0.25, -0.2) is 4.98 Å². The Balaban J connectivity index is 1.69. The molecule has 7 heteroatoms. The lowest BCUT2D eigenvalue weighted by molar-refractivity contribution is -0.129. The predicted octanol–water partition coefficient (Wildman–Crippen LogP) is 2.88. The number of nitrogens with zero attached hydrogens (tertiary/aromatic N) is 3. The fourth-order valence-electron chi connectivity index (χ4n) is 3.00. The quantitative estimate of drug-likeness (QED) is 0.628. The number of thiophene rings is 1. The van der Waals surface area contributed by atoms with Gasteiger partial charge in [-0.3, -0.25) is 14.2 Å². The maximum atomic E-state index is 12.4. The van der Waals surface area contributed by atoms with Crippen LogP contribution in [0.1, 0.15) is 32.1 Å². The Morgan fingerprint density at radius 3 is 2.91 bits per heavy atom. The van der Waals surface area contributed by atoms with Crippen molar-refractivity contribution in [1.82, 2.24) is 14.5 Å². The fourth-order valence-corrected chi connectivity index (χ4v) is 4.70. The fraction of sp³-hybridized carbons (Fsp3) is 0.562. The Morgan fingerprint density at radius 2 is 2.17 bits per heavy atom. The summed E-state index contributed by atoms with van der Waals surface area (Å²) >= 11 is 2.75. The topological polar surface area (TPSA) is 55.2 Å². The molecule has 1 fully saturated rings. The van der Waals surface area contributed by atoms with E-state index in [1.807, 2.05) is 23.4 Å². The normalized spacial score (nSPS) is 15.9. The third-order valence-electron chi connectivity index (χ3n) is 4.49. The van der Waals surface area contributed by atoms with Crippen LogP contribution in [-0.2, 0) is 11.8 Å². The van der Waals surface area contributed by atoms with Gasteiger partial charge in [0.25, 0.3) is 5.56 Å². The number of fused-ring (bicyclic) bond motifs is 1. The molecular formula is C16H21N3O2S2. The van der Waals surface area contributed by atoms with E-state index in [4.69, 9.17) is 0 Å². The van der Waals surface area contributed by atoms with Crippen LogP contribution in [0.3, 0.4) is 0 Å². The molecule has 1 saturated carbocycles. The molecule has 0 aliphatic heterocycles. The first-order chi connectivity index (χ1) is 11.1. The number of rotatable bonds is 4. The number of hydrogen-bond acceptors (Lipinski definition) is 5. The number of aromatic nitrogens is 2. The maximum absolute atomic E-state index is 12.4. The highest BCUT2D eigenvalue weighted by Gasteiger charge is 2.22. The predicted molar refractivity (Wildman–Crippen MR) is 95.2 cm³/mol. The molecule has 0 N–H and O–H groups in total. The molecule has 0 spiro atoms. The molecule has 2 aromatic rings. The number of amides is 1. The Morgan fingerprint density at radius 1 is 1.43 bits per heavy atom. The van der Waals surface area contributed by atoms with Crippen LogP contribution in [-0.4, -0.2) is 39.2 Å². The molecular weight excluding hydrogens is 330 g/mol. The molecule has 3 rings (SSSR count). The Hall–Kier alpha value is -1.34. The number of hydrogen-bond donors (Lipinski definition) is 0. The minimum absolute atomic E-state index is 0.0411. The molecule has 1 amide bonds. The van der Waals surface area contributed by atoms with E-state index < -0.39 is 0 Å². The van der Waals surface area contributed by atoms with E-state index in [2.05, 4.69) is 4.98 Å². The molecule has 5 nitrogen and oxygen atoms in total. The van der Waals surface area contributed by atoms with Crippen molar-refractivity contribution in [3.05, 3.63) is 21.8 Å². The summed E-state index contributed by atoms with van der Waals surface area (Å²) in [6.45, 7) is 0. The summed E-state index contributed by atoms with van der Waals surface area (Å²) in [5.74, 6) is 0.435. The van der Waals surface area contributed by atoms with Crippen molar-refractivity contribution in [3.63, 3.8) is 0 Å². The third-order valence-corrected chi connectivity index (χ3v) is 6.39. The third kappa shape index (κ3) is 3.45. The van der Waals surface area contributed by atoms with Crippen molar-refractivity contribution < 1.29 is 4.79 Å². The first-order valence-corrected chi connectivity index (χ1v) is 9.77. The summed E-state index contributed by atoms with van der Waals surface area (Å²) < 4.78 is 2.21. The SMILES string of the molecule is CN(C(=O)CSc1nc2ccsc2c(=O)n1C)C1CCCCC1. The molecule has 23 heavy (non-hydrogen) atoms. The monoisotopic (exact) mass is 351 g/mol. The van der Waals surface area contributed by atoms with Crippen LogP contribution >= 0.6 is 23.1 Å². The van der Waals surface area contributed by atoms with Gasteiger partial charge in [0.1, 0.15) is 4.70 Å². The summed E-state index contributed by atoms with van der Waals surface area (Å²) in [6, 6.07) is 2.22. The lowest BCUT2D eigenvalue weighted by Gasteiger charge is -2.31. The van der Waals surface area contributed by atoms with Crippen LogP contribution in [0.15, 0.2) is 21.4 Å². The summed E-state index contributed by atoms with van der Waals surface area (Å²) in [5, 5.41) is 2.47. The number of thioether (sulfide) groups is 1. The summed E-state index contributed by atoms with van der Waals surface area (Å²) in [7, 11) is 3.61. The second-order valence-corrected chi connectivity index (χ2v) is 7.84. The van der Waals surface area contributed by atoms with Gasteiger partial charge in [0.15, 0.2) is 5.16 Å². The summed E-state index contributed by atoms with van der Waals surface area (Å²) in [6.07, 6.45) is 5.90. The zero-order valence-electron chi connectivity index (χ0n) is 13.4. The first-order valence-electron chi connectivity index (χ1n) is 7.90. The van der Waals surface area contributed by atoms with Crippen LogP contribution in [0, 0.1) is 0 Å². The van der Waals surface area contributed by atoms with Gasteiger partial charge in [0.05, 0.1) is 11.3 Å². The van der Waals surface area contributed by atoms with Crippen molar-refractivity contribution in [2.75, 3.05) is 12.8 Å². The number of carbonyl (C=O) groups is 1. The molecule has 0 atom stereocenters. The van der Waals surface area contributed by atoms with Crippen molar-refractivity contribution in [3.8, 4) is 0 Å². The Kier molecular flexibility index (Phi) is 5.06. The van der Waals surface area contributed by atoms with Gasteiger partial charge in [0, 0.05) is 20.1 Å². The van der Waals surface area contributed by atoms with Crippen LogP contribution in [0.2, 0.25) is 0 Å². The molecule has 0 radical (unpaired) electrons. The minimum atomic E-state index is -0.0411. The van der Waals surface area contributed by atoms with Crippen LogP contribution in [0.25, 0.3) is 10.2 Å². The second-order valence-electron chi connectivity index (χ2n) is 5.98. The van der Waals surface area contributed by atoms with Gasteiger partial charge in [-0.05, 0) is 24.3 Å². The molecule has 0 aromatic carbocycles. The average molecular weight is 351 g/mol. The largest absolute Gasteiger partial charge is 0.342 e. The minimum Gasteiger partial charge on any atom is -0.342 e. The van der Waals surface area contributed by atoms with Crippen LogP contribution in [0.4, 0.5) is 0 Å². The van der Waals surface area contributed by atoms with Gasteiger partial charge in [-0.1, -0.05) is 31.0 Å². The van der Waals surface area contributed by atoms with Crippen LogP contribution < -0.4 is 5.56 Å². The van der Waals surface area contributed by atoms with E-state index in [-0.39, 0.29) is 11.5 Å². The van der Waals surface area contributed by atoms with Crippen LogP contribution in [0.5, 0.6) is 0 Å². The summed E-state index contributed by atoms with van der Waals surface area (Å²) in [4.78, 5) is 31.1. The van der Waals surface area contributed by atoms with E-state index >= 15 is 0 Å². The maximum Gasteiger partial charge on any atom is 0.271 e. The lowest BCUT2D eigenvalue weighted by atomic mass is 9.94. The smallest absolute Gasteiger partial charge is 0.271 e. The molecule has 2 aromatic heterocycles. The average Bonchev–Trinajstić information content (AvgIpc) is 3.05. The molecule has 0 saturated heterocycles. The molecule has 2 heterocycles. The van der Waals surface area contributed by atoms with E-state index in [0.29, 0.717) is 27.2 Å². The van der Waals surface area contributed by atoms with Crippen molar-refractivity contribution in [1.29, 1.82) is 0 Å². The Bertz CT molecular complexity index is 762. The van der Waals surface area contributed by atoms with E-state index in [9.17, 15) is 9.59 Å². The highest BCUT2D eigenvalue weighted by Crippen LogP contribution is 2.24. The van der Waals surface area contributed by atoms with E-state index in [1.165, 1.54) is 46.9 Å². The van der Waals surface area contributed by atoms with Gasteiger partial charge >= 0.3 is 0 Å². The first kappa shape index (κ1) is 16.5. The zero-order chi connectivity index (χ0) is 16.4. The Labute approximate surface area is 143 Å². The molecule has 0 bridgehead atoms. The lowest BCUT2D eigenvalue weighted by Crippen LogP contribution is -2.39. The standard InChI is InChI=1S/C16H21N3O2S2/c1-18(11-6-4-3-5-7-11)13(20)10-23-16-17-12-8-9-22-14(12)15(21)19(16)2/h8-9,11H,3-7,10H2,1-2H3. The number of carbonyl (C=O) groups excluding carboxylic acids is 1. The van der Waals surface area contributed by atoms with Crippen molar-refractivity contribution in [2.45, 2.75) is 43.3 Å². The molecule has 1 aliphatic rings. The molecule has 1 aliphatic carbocycles. The van der Waals surface area contributed by atoms with Crippen molar-refractivity contribution >= 4 is 39.2 Å². The van der Waals surface area contributed by atoms with Gasteiger partial charge in [-0.2, -0.15) is 0 Å². The molecule has 124 valence electrons. The zero-order valence-corrected chi connectivity index (χ0v) is 15.1. The van der Waals surface area contributed by atoms with Crippen molar-refractivity contribution in [2.24, 2.45) is 7.05 Å². The van der Waals surface area contributed by atoms with E-state index in [1.54, 1.807) is 7.05 Å². The highest BCUT2D eigenvalue weighted by atomic mass is 32.2. The van der Waals surface area contributed by atoms with E-state index in [0.717, 1.165) is 12.8 Å². The van der Waals surface area contributed by atoms with Gasteiger partial charge in [0.2, 0.25) is 5.91 Å². The van der Waals surface area contributed by atoms with Gasteiger partial charge < -0.3 is 4.90 Å².